The standard InChI is InChI=1S/C16H20N2S/c1-3-17-15(16-11(2)18-10-19-16)14-9-13(14)12-7-5-4-6-8-12/h4-8,10,13-15,17H,3,9H2,1-2H3. The number of aromatic nitrogens is 1. The first-order valence-electron chi connectivity index (χ1n) is 6.99. The zero-order valence-electron chi connectivity index (χ0n) is 11.5. The van der Waals surface area contributed by atoms with Crippen LogP contribution in [0.15, 0.2) is 35.8 Å². The average molecular weight is 272 g/mol. The minimum Gasteiger partial charge on any atom is -0.309 e. The van der Waals surface area contributed by atoms with Gasteiger partial charge < -0.3 is 5.32 Å². The normalized spacial score (nSPS) is 23.3. The first-order valence-corrected chi connectivity index (χ1v) is 7.87. The van der Waals surface area contributed by atoms with Crippen LogP contribution in [-0.4, -0.2) is 11.5 Å². The molecule has 100 valence electrons. The summed E-state index contributed by atoms with van der Waals surface area (Å²) in [4.78, 5) is 5.83. The van der Waals surface area contributed by atoms with Crippen molar-refractivity contribution in [2.75, 3.05) is 6.54 Å². The van der Waals surface area contributed by atoms with Gasteiger partial charge in [-0.2, -0.15) is 0 Å². The van der Waals surface area contributed by atoms with Crippen LogP contribution in [0.5, 0.6) is 0 Å². The lowest BCUT2D eigenvalue weighted by atomic mass is 10.0. The lowest BCUT2D eigenvalue weighted by molar-refractivity contribution is 0.492. The molecule has 19 heavy (non-hydrogen) atoms. The molecule has 3 unspecified atom stereocenters. The van der Waals surface area contributed by atoms with E-state index < -0.39 is 0 Å². The molecule has 0 aliphatic heterocycles. The van der Waals surface area contributed by atoms with Gasteiger partial charge in [0, 0.05) is 10.9 Å². The van der Waals surface area contributed by atoms with Gasteiger partial charge in [0.25, 0.3) is 0 Å². The van der Waals surface area contributed by atoms with Gasteiger partial charge in [0.1, 0.15) is 0 Å². The van der Waals surface area contributed by atoms with Crippen LogP contribution in [0.3, 0.4) is 0 Å². The number of nitrogens with one attached hydrogen (secondary N) is 1. The Labute approximate surface area is 118 Å². The molecule has 1 aromatic heterocycles. The Balaban J connectivity index is 1.79. The Morgan fingerprint density at radius 1 is 1.37 bits per heavy atom. The van der Waals surface area contributed by atoms with Crippen molar-refractivity contribution in [2.45, 2.75) is 32.2 Å². The molecule has 1 heterocycles. The second kappa shape index (κ2) is 5.43. The molecule has 2 aromatic rings. The molecule has 0 amide bonds. The van der Waals surface area contributed by atoms with Gasteiger partial charge in [-0.25, -0.2) is 4.98 Å². The van der Waals surface area contributed by atoms with Gasteiger partial charge in [-0.05, 0) is 37.3 Å². The van der Waals surface area contributed by atoms with Crippen molar-refractivity contribution in [1.82, 2.24) is 10.3 Å². The molecule has 1 aromatic carbocycles. The highest BCUT2D eigenvalue weighted by molar-refractivity contribution is 7.09. The van der Waals surface area contributed by atoms with Crippen LogP contribution in [0.25, 0.3) is 0 Å². The van der Waals surface area contributed by atoms with Gasteiger partial charge in [-0.3, -0.25) is 0 Å². The fraction of sp³-hybridized carbons (Fsp3) is 0.438. The lowest BCUT2D eigenvalue weighted by Gasteiger charge is -2.17. The summed E-state index contributed by atoms with van der Waals surface area (Å²) in [6, 6.07) is 11.4. The maximum absolute atomic E-state index is 4.41. The topological polar surface area (TPSA) is 24.9 Å². The lowest BCUT2D eigenvalue weighted by Crippen LogP contribution is -2.23. The molecule has 1 aliphatic rings. The fourth-order valence-corrected chi connectivity index (χ4v) is 3.89. The number of nitrogens with zero attached hydrogens (tertiary/aromatic N) is 1. The van der Waals surface area contributed by atoms with E-state index in [4.69, 9.17) is 0 Å². The van der Waals surface area contributed by atoms with Crippen molar-refractivity contribution < 1.29 is 0 Å². The third-order valence-corrected chi connectivity index (χ3v) is 5.00. The third-order valence-electron chi connectivity index (χ3n) is 3.98. The second-order valence-electron chi connectivity index (χ2n) is 5.25. The third kappa shape index (κ3) is 2.58. The number of aryl methyl sites for hydroxylation is 1. The number of rotatable bonds is 5. The Morgan fingerprint density at radius 3 is 2.79 bits per heavy atom. The van der Waals surface area contributed by atoms with Crippen LogP contribution < -0.4 is 5.32 Å². The van der Waals surface area contributed by atoms with E-state index in [9.17, 15) is 0 Å². The monoisotopic (exact) mass is 272 g/mol. The molecule has 3 heteroatoms. The quantitative estimate of drug-likeness (QED) is 0.892. The fourth-order valence-electron chi connectivity index (χ4n) is 2.93. The maximum atomic E-state index is 4.41. The zero-order valence-corrected chi connectivity index (χ0v) is 12.3. The molecule has 1 aliphatic carbocycles. The zero-order chi connectivity index (χ0) is 13.2. The number of hydrogen-bond donors (Lipinski definition) is 1. The number of thiazole rings is 1. The largest absolute Gasteiger partial charge is 0.309 e. The maximum Gasteiger partial charge on any atom is 0.0798 e. The summed E-state index contributed by atoms with van der Waals surface area (Å²) in [5.41, 5.74) is 4.64. The number of hydrogen-bond acceptors (Lipinski definition) is 3. The van der Waals surface area contributed by atoms with E-state index in [1.165, 1.54) is 22.6 Å². The minimum absolute atomic E-state index is 0.475. The Kier molecular flexibility index (Phi) is 3.67. The molecule has 0 spiro atoms. The summed E-state index contributed by atoms with van der Waals surface area (Å²) in [7, 11) is 0. The summed E-state index contributed by atoms with van der Waals surface area (Å²) < 4.78 is 0. The summed E-state index contributed by atoms with van der Waals surface area (Å²) >= 11 is 1.79. The Bertz CT molecular complexity index is 535. The molecular weight excluding hydrogens is 252 g/mol. The van der Waals surface area contributed by atoms with Crippen LogP contribution in [0.1, 0.15) is 41.4 Å². The predicted octanol–water partition coefficient (Wildman–Crippen LogP) is 3.91. The first kappa shape index (κ1) is 12.8. The van der Waals surface area contributed by atoms with Gasteiger partial charge in [0.15, 0.2) is 0 Å². The summed E-state index contributed by atoms with van der Waals surface area (Å²) in [5.74, 6) is 1.44. The van der Waals surface area contributed by atoms with Gasteiger partial charge in [-0.1, -0.05) is 37.3 Å². The summed E-state index contributed by atoms with van der Waals surface area (Å²) in [6.07, 6.45) is 1.29. The van der Waals surface area contributed by atoms with Crippen LogP contribution in [-0.2, 0) is 0 Å². The van der Waals surface area contributed by atoms with Crippen LogP contribution in [0.4, 0.5) is 0 Å². The number of benzene rings is 1. The van der Waals surface area contributed by atoms with Gasteiger partial charge >= 0.3 is 0 Å². The van der Waals surface area contributed by atoms with Crippen molar-refractivity contribution in [3.05, 3.63) is 52.0 Å². The predicted molar refractivity (Wildman–Crippen MR) is 80.6 cm³/mol. The van der Waals surface area contributed by atoms with E-state index in [0.717, 1.165) is 12.5 Å². The SMILES string of the molecule is CCNC(c1scnc1C)C1CC1c1ccccc1. The molecule has 0 radical (unpaired) electrons. The van der Waals surface area contributed by atoms with Crippen molar-refractivity contribution in [3.8, 4) is 0 Å². The molecule has 2 nitrogen and oxygen atoms in total. The second-order valence-corrected chi connectivity index (χ2v) is 6.14. The van der Waals surface area contributed by atoms with Crippen molar-refractivity contribution in [3.63, 3.8) is 0 Å². The average Bonchev–Trinajstić information content (AvgIpc) is 3.12. The van der Waals surface area contributed by atoms with Crippen molar-refractivity contribution >= 4 is 11.3 Å². The van der Waals surface area contributed by atoms with E-state index in [0.29, 0.717) is 12.0 Å². The van der Waals surface area contributed by atoms with E-state index in [-0.39, 0.29) is 0 Å². The highest BCUT2D eigenvalue weighted by atomic mass is 32.1. The van der Waals surface area contributed by atoms with Gasteiger partial charge in [-0.15, -0.1) is 11.3 Å². The molecule has 0 bridgehead atoms. The smallest absolute Gasteiger partial charge is 0.0798 e. The van der Waals surface area contributed by atoms with E-state index in [1.807, 2.05) is 5.51 Å². The molecule has 0 saturated heterocycles. The van der Waals surface area contributed by atoms with E-state index >= 15 is 0 Å². The molecule has 1 saturated carbocycles. The van der Waals surface area contributed by atoms with E-state index in [2.05, 4.69) is 54.5 Å². The van der Waals surface area contributed by atoms with E-state index in [1.54, 1.807) is 11.3 Å². The minimum atomic E-state index is 0.475. The molecule has 1 fully saturated rings. The Morgan fingerprint density at radius 2 is 2.16 bits per heavy atom. The van der Waals surface area contributed by atoms with Crippen LogP contribution >= 0.6 is 11.3 Å². The van der Waals surface area contributed by atoms with Gasteiger partial charge in [0.2, 0.25) is 0 Å². The van der Waals surface area contributed by atoms with Crippen LogP contribution in [0, 0.1) is 12.8 Å². The Hall–Kier alpha value is -1.19. The molecule has 3 atom stereocenters. The highest BCUT2D eigenvalue weighted by Gasteiger charge is 2.44. The molecule has 1 N–H and O–H groups in total. The summed E-state index contributed by atoms with van der Waals surface area (Å²) in [5, 5.41) is 3.66. The molecular formula is C16H20N2S. The first-order chi connectivity index (χ1) is 9.31. The van der Waals surface area contributed by atoms with Crippen molar-refractivity contribution in [1.29, 1.82) is 0 Å². The van der Waals surface area contributed by atoms with Crippen LogP contribution in [0.2, 0.25) is 0 Å². The highest BCUT2D eigenvalue weighted by Crippen LogP contribution is 2.54. The van der Waals surface area contributed by atoms with Crippen molar-refractivity contribution in [2.24, 2.45) is 5.92 Å². The van der Waals surface area contributed by atoms with Gasteiger partial charge in [0.05, 0.1) is 11.2 Å². The summed E-state index contributed by atoms with van der Waals surface area (Å²) in [6.45, 7) is 5.32. The molecule has 3 rings (SSSR count).